The second-order valence-corrected chi connectivity index (χ2v) is 5.78. The van der Waals surface area contributed by atoms with Gasteiger partial charge in [-0.05, 0) is 24.6 Å². The maximum absolute atomic E-state index is 12.0. The lowest BCUT2D eigenvalue weighted by Crippen LogP contribution is -2.23. The van der Waals surface area contributed by atoms with Gasteiger partial charge in [-0.25, -0.2) is 0 Å². The molecule has 1 N–H and O–H groups in total. The van der Waals surface area contributed by atoms with Gasteiger partial charge in [-0.2, -0.15) is 0 Å². The summed E-state index contributed by atoms with van der Waals surface area (Å²) in [5.74, 6) is 1.48. The van der Waals surface area contributed by atoms with Gasteiger partial charge in [0.25, 0.3) is 5.91 Å². The minimum Gasteiger partial charge on any atom is -0.494 e. The van der Waals surface area contributed by atoms with Crippen molar-refractivity contribution in [1.82, 2.24) is 5.32 Å². The average molecular weight is 291 g/mol. The normalized spacial score (nSPS) is 14.3. The number of hydrogen-bond acceptors (Lipinski definition) is 4. The first-order valence-corrected chi connectivity index (χ1v) is 7.71. The molecule has 0 bridgehead atoms. The second-order valence-electron chi connectivity index (χ2n) is 4.72. The van der Waals surface area contributed by atoms with Crippen molar-refractivity contribution in [2.24, 2.45) is 0 Å². The number of carbonyl (C=O) groups excluding carboxylic acids is 1. The molecule has 0 aliphatic carbocycles. The van der Waals surface area contributed by atoms with E-state index in [0.29, 0.717) is 23.8 Å². The van der Waals surface area contributed by atoms with Crippen molar-refractivity contribution >= 4 is 27.3 Å². The first-order valence-electron chi connectivity index (χ1n) is 6.90. The van der Waals surface area contributed by atoms with Crippen LogP contribution in [0.5, 0.6) is 11.5 Å². The predicted octanol–water partition coefficient (Wildman–Crippen LogP) is 3.20. The molecule has 3 rings (SSSR count). The highest BCUT2D eigenvalue weighted by atomic mass is 32.1. The van der Waals surface area contributed by atoms with E-state index in [9.17, 15) is 4.79 Å². The molecule has 0 unspecified atom stereocenters. The lowest BCUT2D eigenvalue weighted by Gasteiger charge is -2.06. The quantitative estimate of drug-likeness (QED) is 0.880. The molecular formula is C15H17NO3S. The number of rotatable bonds is 4. The first kappa shape index (κ1) is 13.2. The van der Waals surface area contributed by atoms with Crippen LogP contribution in [0.2, 0.25) is 0 Å². The number of nitrogens with one attached hydrogen (secondary N) is 1. The van der Waals surface area contributed by atoms with Crippen molar-refractivity contribution in [2.75, 3.05) is 19.8 Å². The van der Waals surface area contributed by atoms with Crippen molar-refractivity contribution in [3.8, 4) is 11.5 Å². The van der Waals surface area contributed by atoms with Gasteiger partial charge in [0.15, 0.2) is 5.75 Å². The van der Waals surface area contributed by atoms with E-state index in [-0.39, 0.29) is 5.91 Å². The van der Waals surface area contributed by atoms with Crippen LogP contribution in [-0.4, -0.2) is 25.7 Å². The third-order valence-electron chi connectivity index (χ3n) is 3.22. The Morgan fingerprint density at radius 2 is 2.35 bits per heavy atom. The van der Waals surface area contributed by atoms with Crippen molar-refractivity contribution in [2.45, 2.75) is 19.8 Å². The summed E-state index contributed by atoms with van der Waals surface area (Å²) in [7, 11) is 0. The number of carbonyl (C=O) groups is 1. The van der Waals surface area contributed by atoms with Crippen LogP contribution in [0.15, 0.2) is 18.2 Å². The van der Waals surface area contributed by atoms with Crippen LogP contribution >= 0.6 is 11.3 Å². The molecule has 1 amide bonds. The van der Waals surface area contributed by atoms with Gasteiger partial charge in [0, 0.05) is 10.1 Å². The van der Waals surface area contributed by atoms with Crippen molar-refractivity contribution in [3.05, 3.63) is 23.1 Å². The molecule has 1 aliphatic rings. The summed E-state index contributed by atoms with van der Waals surface area (Å²) in [6.45, 7) is 3.91. The van der Waals surface area contributed by atoms with Crippen LogP contribution in [0.4, 0.5) is 0 Å². The Balaban J connectivity index is 1.96. The highest BCUT2D eigenvalue weighted by Gasteiger charge is 2.22. The molecule has 20 heavy (non-hydrogen) atoms. The van der Waals surface area contributed by atoms with Gasteiger partial charge in [0.05, 0.1) is 13.2 Å². The Kier molecular flexibility index (Phi) is 3.78. The third-order valence-corrected chi connectivity index (χ3v) is 4.37. The van der Waals surface area contributed by atoms with E-state index >= 15 is 0 Å². The fraction of sp³-hybridized carbons (Fsp3) is 0.400. The van der Waals surface area contributed by atoms with E-state index in [1.807, 2.05) is 18.2 Å². The van der Waals surface area contributed by atoms with Gasteiger partial charge >= 0.3 is 0 Å². The predicted molar refractivity (Wildman–Crippen MR) is 80.1 cm³/mol. The summed E-state index contributed by atoms with van der Waals surface area (Å²) < 4.78 is 12.5. The van der Waals surface area contributed by atoms with Crippen LogP contribution in [-0.2, 0) is 0 Å². The molecule has 2 aromatic rings. The molecule has 1 aromatic heterocycles. The molecule has 0 fully saturated rings. The van der Waals surface area contributed by atoms with E-state index in [4.69, 9.17) is 9.47 Å². The van der Waals surface area contributed by atoms with E-state index in [0.717, 1.165) is 35.3 Å². The Bertz CT molecular complexity index is 635. The Hall–Kier alpha value is -1.75. The molecule has 1 aromatic carbocycles. The molecule has 4 nitrogen and oxygen atoms in total. The molecule has 0 saturated heterocycles. The Labute approximate surface area is 121 Å². The number of hydrogen-bond donors (Lipinski definition) is 1. The summed E-state index contributed by atoms with van der Waals surface area (Å²) in [6.07, 6.45) is 2.15. The molecule has 5 heteroatoms. The highest BCUT2D eigenvalue weighted by molar-refractivity contribution is 7.21. The molecule has 0 spiro atoms. The van der Waals surface area contributed by atoms with Crippen molar-refractivity contribution in [1.29, 1.82) is 0 Å². The van der Waals surface area contributed by atoms with Crippen LogP contribution in [0, 0.1) is 0 Å². The zero-order valence-corrected chi connectivity index (χ0v) is 12.2. The monoisotopic (exact) mass is 291 g/mol. The maximum Gasteiger partial charge on any atom is 0.265 e. The fourth-order valence-electron chi connectivity index (χ4n) is 2.17. The Morgan fingerprint density at radius 1 is 1.45 bits per heavy atom. The molecule has 0 saturated carbocycles. The second kappa shape index (κ2) is 5.71. The van der Waals surface area contributed by atoms with E-state index in [1.54, 1.807) is 0 Å². The number of amides is 1. The largest absolute Gasteiger partial charge is 0.494 e. The molecule has 106 valence electrons. The minimum absolute atomic E-state index is 0.0489. The smallest absolute Gasteiger partial charge is 0.265 e. The topological polar surface area (TPSA) is 47.6 Å². The SMILES string of the molecule is CCCCOc1ccc2sc3c(c2c1)OCCNC3=O. The molecule has 1 aliphatic heterocycles. The number of fused-ring (bicyclic) bond motifs is 3. The van der Waals surface area contributed by atoms with Crippen LogP contribution in [0.3, 0.4) is 0 Å². The zero-order chi connectivity index (χ0) is 13.9. The van der Waals surface area contributed by atoms with Gasteiger partial charge in [0.1, 0.15) is 17.2 Å². The summed E-state index contributed by atoms with van der Waals surface area (Å²) in [5.41, 5.74) is 0. The molecular weight excluding hydrogens is 274 g/mol. The van der Waals surface area contributed by atoms with E-state index in [1.165, 1.54) is 11.3 Å². The zero-order valence-electron chi connectivity index (χ0n) is 11.4. The van der Waals surface area contributed by atoms with Gasteiger partial charge < -0.3 is 14.8 Å². The van der Waals surface area contributed by atoms with Crippen LogP contribution in [0.1, 0.15) is 29.4 Å². The number of ether oxygens (including phenoxy) is 2. The molecule has 0 atom stereocenters. The third kappa shape index (κ3) is 2.45. The fourth-order valence-corrected chi connectivity index (χ4v) is 3.21. The van der Waals surface area contributed by atoms with Gasteiger partial charge in [0.2, 0.25) is 0 Å². The Morgan fingerprint density at radius 3 is 3.20 bits per heavy atom. The van der Waals surface area contributed by atoms with Crippen molar-refractivity contribution < 1.29 is 14.3 Å². The summed E-state index contributed by atoms with van der Waals surface area (Å²) in [5, 5.41) is 3.80. The van der Waals surface area contributed by atoms with Gasteiger partial charge in [-0.15, -0.1) is 11.3 Å². The van der Waals surface area contributed by atoms with Gasteiger partial charge in [-0.3, -0.25) is 4.79 Å². The molecule has 0 radical (unpaired) electrons. The van der Waals surface area contributed by atoms with E-state index < -0.39 is 0 Å². The highest BCUT2D eigenvalue weighted by Crippen LogP contribution is 2.40. The lowest BCUT2D eigenvalue weighted by atomic mass is 10.2. The minimum atomic E-state index is -0.0489. The average Bonchev–Trinajstić information content (AvgIpc) is 2.72. The summed E-state index contributed by atoms with van der Waals surface area (Å²) in [4.78, 5) is 12.6. The maximum atomic E-state index is 12.0. The number of benzene rings is 1. The van der Waals surface area contributed by atoms with Crippen molar-refractivity contribution in [3.63, 3.8) is 0 Å². The van der Waals surface area contributed by atoms with Gasteiger partial charge in [-0.1, -0.05) is 13.3 Å². The summed E-state index contributed by atoms with van der Waals surface area (Å²) in [6, 6.07) is 5.91. The van der Waals surface area contributed by atoms with Crippen LogP contribution in [0.25, 0.3) is 10.1 Å². The standard InChI is InChI=1S/C15H17NO3S/c1-2-3-7-18-10-4-5-12-11(9-10)13-14(20-12)15(17)16-6-8-19-13/h4-5,9H,2-3,6-8H2,1H3,(H,16,17). The lowest BCUT2D eigenvalue weighted by molar-refractivity contribution is 0.0961. The number of unbranched alkanes of at least 4 members (excludes halogenated alkanes) is 1. The number of thiophene rings is 1. The van der Waals surface area contributed by atoms with E-state index in [2.05, 4.69) is 12.2 Å². The first-order chi connectivity index (χ1) is 9.79. The summed E-state index contributed by atoms with van der Waals surface area (Å²) >= 11 is 1.47. The molecule has 2 heterocycles. The van der Waals surface area contributed by atoms with Crippen LogP contribution < -0.4 is 14.8 Å².